The van der Waals surface area contributed by atoms with Crippen LogP contribution in [0.25, 0.3) is 0 Å². The van der Waals surface area contributed by atoms with Crippen LogP contribution in [0.5, 0.6) is 11.5 Å². The first kappa shape index (κ1) is 13.2. The lowest BCUT2D eigenvalue weighted by Gasteiger charge is -2.12. The molecule has 18 heavy (non-hydrogen) atoms. The molecule has 1 heterocycles. The van der Waals surface area contributed by atoms with Gasteiger partial charge in [0.2, 0.25) is 16.3 Å². The van der Waals surface area contributed by atoms with E-state index in [2.05, 4.69) is 4.72 Å². The van der Waals surface area contributed by atoms with E-state index in [4.69, 9.17) is 9.47 Å². The van der Waals surface area contributed by atoms with E-state index in [0.717, 1.165) is 0 Å². The van der Waals surface area contributed by atoms with Gasteiger partial charge in [0.15, 0.2) is 11.5 Å². The number of nitrogens with one attached hydrogen (secondary N) is 1. The van der Waals surface area contributed by atoms with Crippen LogP contribution in [-0.4, -0.2) is 20.7 Å². The standard InChI is InChI=1S/C12H17NO4S/c1-7(2)13-18(14,15)12-6-11-10(5-8(12)3)16-9(4)17-11/h5-7,9,13H,1-4H3. The lowest BCUT2D eigenvalue weighted by atomic mass is 10.2. The molecule has 1 unspecified atom stereocenters. The fourth-order valence-corrected chi connectivity index (χ4v) is 3.36. The average Bonchev–Trinajstić information content (AvgIpc) is 2.53. The molecule has 0 saturated heterocycles. The molecule has 1 aliphatic heterocycles. The maximum absolute atomic E-state index is 12.1. The molecule has 5 nitrogen and oxygen atoms in total. The van der Waals surface area contributed by atoms with Gasteiger partial charge in [-0.15, -0.1) is 0 Å². The predicted molar refractivity (Wildman–Crippen MR) is 67.4 cm³/mol. The Bertz CT molecular complexity index is 566. The highest BCUT2D eigenvalue weighted by Crippen LogP contribution is 2.38. The number of hydrogen-bond donors (Lipinski definition) is 1. The summed E-state index contributed by atoms with van der Waals surface area (Å²) in [6.45, 7) is 7.06. The van der Waals surface area contributed by atoms with Crippen LogP contribution in [0.2, 0.25) is 0 Å². The van der Waals surface area contributed by atoms with Crippen molar-refractivity contribution in [1.82, 2.24) is 4.72 Å². The summed E-state index contributed by atoms with van der Waals surface area (Å²) in [7, 11) is -3.51. The number of benzene rings is 1. The van der Waals surface area contributed by atoms with Gasteiger partial charge in [-0.2, -0.15) is 0 Å². The Balaban J connectivity index is 2.45. The zero-order valence-corrected chi connectivity index (χ0v) is 11.7. The minimum absolute atomic E-state index is 0.154. The monoisotopic (exact) mass is 271 g/mol. The number of sulfonamides is 1. The van der Waals surface area contributed by atoms with E-state index < -0.39 is 10.0 Å². The van der Waals surface area contributed by atoms with Crippen LogP contribution in [0, 0.1) is 6.92 Å². The molecule has 0 spiro atoms. The second kappa shape index (κ2) is 4.44. The molecule has 1 aliphatic rings. The summed E-state index contributed by atoms with van der Waals surface area (Å²) in [5, 5.41) is 0. The summed E-state index contributed by atoms with van der Waals surface area (Å²) in [6.07, 6.45) is -0.379. The highest BCUT2D eigenvalue weighted by molar-refractivity contribution is 7.89. The van der Waals surface area contributed by atoms with Crippen LogP contribution in [-0.2, 0) is 10.0 Å². The second-order valence-electron chi connectivity index (χ2n) is 4.64. The Kier molecular flexibility index (Phi) is 3.25. The topological polar surface area (TPSA) is 64.6 Å². The first-order chi connectivity index (χ1) is 8.29. The molecule has 1 aromatic rings. The second-order valence-corrected chi connectivity index (χ2v) is 6.33. The highest BCUT2D eigenvalue weighted by Gasteiger charge is 2.26. The Hall–Kier alpha value is -1.27. The Morgan fingerprint density at radius 1 is 1.22 bits per heavy atom. The van der Waals surface area contributed by atoms with E-state index in [-0.39, 0.29) is 17.2 Å². The molecule has 6 heteroatoms. The minimum atomic E-state index is -3.51. The van der Waals surface area contributed by atoms with Gasteiger partial charge in [-0.05, 0) is 32.4 Å². The third kappa shape index (κ3) is 2.44. The van der Waals surface area contributed by atoms with Crippen molar-refractivity contribution >= 4 is 10.0 Å². The maximum Gasteiger partial charge on any atom is 0.241 e. The zero-order valence-electron chi connectivity index (χ0n) is 10.9. The van der Waals surface area contributed by atoms with Crippen LogP contribution in [0.15, 0.2) is 17.0 Å². The summed E-state index contributed by atoms with van der Waals surface area (Å²) in [4.78, 5) is 0.229. The van der Waals surface area contributed by atoms with Gasteiger partial charge in [-0.25, -0.2) is 13.1 Å². The largest absolute Gasteiger partial charge is 0.451 e. The van der Waals surface area contributed by atoms with Crippen molar-refractivity contribution in [2.75, 3.05) is 0 Å². The van der Waals surface area contributed by atoms with Crippen LogP contribution in [0.3, 0.4) is 0 Å². The quantitative estimate of drug-likeness (QED) is 0.910. The van der Waals surface area contributed by atoms with Gasteiger partial charge < -0.3 is 9.47 Å². The maximum atomic E-state index is 12.1. The van der Waals surface area contributed by atoms with E-state index >= 15 is 0 Å². The molecular weight excluding hydrogens is 254 g/mol. The Morgan fingerprint density at radius 2 is 1.78 bits per heavy atom. The average molecular weight is 271 g/mol. The third-order valence-electron chi connectivity index (χ3n) is 2.51. The summed E-state index contributed by atoms with van der Waals surface area (Å²) in [5.74, 6) is 1.06. The highest BCUT2D eigenvalue weighted by atomic mass is 32.2. The van der Waals surface area contributed by atoms with E-state index in [0.29, 0.717) is 17.1 Å². The SMILES string of the molecule is Cc1cc2c(cc1S(=O)(=O)NC(C)C)OC(C)O2. The van der Waals surface area contributed by atoms with Crippen molar-refractivity contribution in [2.24, 2.45) is 0 Å². The van der Waals surface area contributed by atoms with Gasteiger partial charge in [0.1, 0.15) is 0 Å². The molecule has 1 aromatic carbocycles. The van der Waals surface area contributed by atoms with Gasteiger partial charge >= 0.3 is 0 Å². The van der Waals surface area contributed by atoms with E-state index in [1.165, 1.54) is 6.07 Å². The fourth-order valence-electron chi connectivity index (χ4n) is 1.87. The molecule has 0 amide bonds. The van der Waals surface area contributed by atoms with E-state index in [1.807, 2.05) is 0 Å². The molecule has 0 saturated carbocycles. The van der Waals surface area contributed by atoms with Gasteiger partial charge in [0.25, 0.3) is 0 Å². The Morgan fingerprint density at radius 3 is 2.33 bits per heavy atom. The lowest BCUT2D eigenvalue weighted by Crippen LogP contribution is -2.30. The fraction of sp³-hybridized carbons (Fsp3) is 0.500. The number of hydrogen-bond acceptors (Lipinski definition) is 4. The molecule has 0 fully saturated rings. The summed E-state index contributed by atoms with van der Waals surface area (Å²) in [6, 6.07) is 3.05. The van der Waals surface area contributed by atoms with Crippen LogP contribution < -0.4 is 14.2 Å². The summed E-state index contributed by atoms with van der Waals surface area (Å²) < 4.78 is 37.6. The predicted octanol–water partition coefficient (Wildman–Crippen LogP) is 1.80. The molecule has 0 aliphatic carbocycles. The molecule has 0 bridgehead atoms. The molecule has 2 rings (SSSR count). The van der Waals surface area contributed by atoms with Crippen molar-refractivity contribution in [2.45, 2.75) is 44.9 Å². The number of rotatable bonds is 3. The minimum Gasteiger partial charge on any atom is -0.451 e. The van der Waals surface area contributed by atoms with Gasteiger partial charge in [-0.3, -0.25) is 0 Å². The van der Waals surface area contributed by atoms with E-state index in [9.17, 15) is 8.42 Å². The number of aryl methyl sites for hydroxylation is 1. The molecule has 0 aromatic heterocycles. The molecule has 1 N–H and O–H groups in total. The van der Waals surface area contributed by atoms with Gasteiger partial charge in [0, 0.05) is 19.0 Å². The number of ether oxygens (including phenoxy) is 2. The first-order valence-corrected chi connectivity index (χ1v) is 7.28. The molecule has 0 radical (unpaired) electrons. The van der Waals surface area contributed by atoms with Crippen LogP contribution >= 0.6 is 0 Å². The van der Waals surface area contributed by atoms with Crippen molar-refractivity contribution in [3.63, 3.8) is 0 Å². The van der Waals surface area contributed by atoms with Crippen molar-refractivity contribution in [1.29, 1.82) is 0 Å². The zero-order chi connectivity index (χ0) is 13.5. The lowest BCUT2D eigenvalue weighted by molar-refractivity contribution is 0.0678. The van der Waals surface area contributed by atoms with Gasteiger partial charge in [-0.1, -0.05) is 0 Å². The third-order valence-corrected chi connectivity index (χ3v) is 4.31. The first-order valence-electron chi connectivity index (χ1n) is 5.80. The van der Waals surface area contributed by atoms with Gasteiger partial charge in [0.05, 0.1) is 4.90 Å². The van der Waals surface area contributed by atoms with Crippen LogP contribution in [0.1, 0.15) is 26.3 Å². The normalized spacial score (nSPS) is 18.4. The molecule has 1 atom stereocenters. The van der Waals surface area contributed by atoms with E-state index in [1.54, 1.807) is 33.8 Å². The van der Waals surface area contributed by atoms with Crippen molar-refractivity contribution in [3.8, 4) is 11.5 Å². The van der Waals surface area contributed by atoms with Crippen molar-refractivity contribution < 1.29 is 17.9 Å². The van der Waals surface area contributed by atoms with Crippen molar-refractivity contribution in [3.05, 3.63) is 17.7 Å². The molecule has 100 valence electrons. The number of fused-ring (bicyclic) bond motifs is 1. The summed E-state index contributed by atoms with van der Waals surface area (Å²) >= 11 is 0. The van der Waals surface area contributed by atoms with Crippen LogP contribution in [0.4, 0.5) is 0 Å². The molecular formula is C12H17NO4S. The smallest absolute Gasteiger partial charge is 0.241 e. The Labute approximate surface area is 107 Å². The summed E-state index contributed by atoms with van der Waals surface area (Å²) in [5.41, 5.74) is 0.639.